The molecule has 112 valence electrons. The van der Waals surface area contributed by atoms with E-state index >= 15 is 0 Å². The number of nitrogens with one attached hydrogen (secondary N) is 1. The van der Waals surface area contributed by atoms with Crippen molar-refractivity contribution in [3.8, 4) is 0 Å². The molecule has 0 aromatic heterocycles. The van der Waals surface area contributed by atoms with E-state index in [1.807, 2.05) is 0 Å². The first kappa shape index (κ1) is 15.3. The van der Waals surface area contributed by atoms with Gasteiger partial charge in [-0.15, -0.1) is 0 Å². The van der Waals surface area contributed by atoms with Crippen LogP contribution in [0.3, 0.4) is 0 Å². The number of piperidine rings is 1. The quantitative estimate of drug-likeness (QED) is 0.842. The van der Waals surface area contributed by atoms with E-state index in [4.69, 9.17) is 0 Å². The van der Waals surface area contributed by atoms with Crippen molar-refractivity contribution in [1.82, 2.24) is 10.2 Å². The fraction of sp³-hybridized carbons (Fsp3) is 1.00. The van der Waals surface area contributed by atoms with Gasteiger partial charge in [0.25, 0.3) is 0 Å². The molecule has 2 nitrogen and oxygen atoms in total. The Morgan fingerprint density at radius 2 is 1.74 bits per heavy atom. The van der Waals surface area contributed by atoms with Gasteiger partial charge >= 0.3 is 0 Å². The van der Waals surface area contributed by atoms with Crippen molar-refractivity contribution < 1.29 is 0 Å². The minimum Gasteiger partial charge on any atom is -0.317 e. The summed E-state index contributed by atoms with van der Waals surface area (Å²) >= 11 is 0. The summed E-state index contributed by atoms with van der Waals surface area (Å²) in [7, 11) is 2.16. The van der Waals surface area contributed by atoms with Crippen LogP contribution in [0, 0.1) is 23.7 Å². The third kappa shape index (κ3) is 3.72. The van der Waals surface area contributed by atoms with E-state index in [0.717, 1.165) is 35.8 Å². The number of rotatable bonds is 3. The van der Waals surface area contributed by atoms with Gasteiger partial charge in [-0.25, -0.2) is 0 Å². The highest BCUT2D eigenvalue weighted by Crippen LogP contribution is 2.35. The molecule has 0 spiro atoms. The van der Waals surface area contributed by atoms with Gasteiger partial charge in [0, 0.05) is 25.2 Å². The van der Waals surface area contributed by atoms with Crippen LogP contribution in [0.5, 0.6) is 0 Å². The van der Waals surface area contributed by atoms with Crippen molar-refractivity contribution in [3.63, 3.8) is 0 Å². The fourth-order valence-electron chi connectivity index (χ4n) is 4.45. The van der Waals surface area contributed by atoms with E-state index < -0.39 is 0 Å². The van der Waals surface area contributed by atoms with E-state index in [1.54, 1.807) is 0 Å². The molecule has 2 aliphatic rings. The predicted octanol–water partition coefficient (Wildman–Crippen LogP) is 3.38. The van der Waals surface area contributed by atoms with E-state index in [9.17, 15) is 0 Å². The molecule has 0 radical (unpaired) electrons. The second-order valence-electron chi connectivity index (χ2n) is 7.60. The van der Waals surface area contributed by atoms with Crippen LogP contribution in [-0.4, -0.2) is 37.1 Å². The molecular formula is C17H34N2. The molecule has 1 saturated heterocycles. The Balaban J connectivity index is 1.98. The molecule has 1 aliphatic carbocycles. The standard InChI is InChI=1S/C17H34N2/c1-12-6-7-15(4)19(10-12)11-16-14(3)8-13(2)9-17(16)18-5/h12-18H,6-11H2,1-5H3. The zero-order valence-corrected chi connectivity index (χ0v) is 13.7. The first-order chi connectivity index (χ1) is 9.01. The lowest BCUT2D eigenvalue weighted by atomic mass is 9.72. The van der Waals surface area contributed by atoms with Crippen molar-refractivity contribution in [2.24, 2.45) is 23.7 Å². The van der Waals surface area contributed by atoms with Gasteiger partial charge in [-0.05, 0) is 63.3 Å². The number of hydrogen-bond donors (Lipinski definition) is 1. The van der Waals surface area contributed by atoms with Crippen LogP contribution in [0.1, 0.15) is 53.4 Å². The third-order valence-electron chi connectivity index (χ3n) is 5.74. The van der Waals surface area contributed by atoms with Gasteiger partial charge in [0.15, 0.2) is 0 Å². The minimum atomic E-state index is 0.725. The third-order valence-corrected chi connectivity index (χ3v) is 5.74. The van der Waals surface area contributed by atoms with E-state index in [-0.39, 0.29) is 0 Å². The van der Waals surface area contributed by atoms with Gasteiger partial charge in [-0.1, -0.05) is 20.8 Å². The van der Waals surface area contributed by atoms with Crippen LogP contribution in [0.4, 0.5) is 0 Å². The summed E-state index contributed by atoms with van der Waals surface area (Å²) in [4.78, 5) is 2.77. The Bertz CT molecular complexity index is 278. The number of nitrogens with zero attached hydrogens (tertiary/aromatic N) is 1. The fourth-order valence-corrected chi connectivity index (χ4v) is 4.45. The van der Waals surface area contributed by atoms with Crippen molar-refractivity contribution in [2.75, 3.05) is 20.1 Å². The lowest BCUT2D eigenvalue weighted by Gasteiger charge is -2.45. The van der Waals surface area contributed by atoms with Crippen molar-refractivity contribution in [1.29, 1.82) is 0 Å². The molecule has 1 saturated carbocycles. The molecule has 1 N–H and O–H groups in total. The van der Waals surface area contributed by atoms with Gasteiger partial charge in [0.1, 0.15) is 0 Å². The Hall–Kier alpha value is -0.0800. The van der Waals surface area contributed by atoms with Crippen LogP contribution in [0.15, 0.2) is 0 Å². The largest absolute Gasteiger partial charge is 0.317 e. The molecule has 19 heavy (non-hydrogen) atoms. The zero-order chi connectivity index (χ0) is 14.0. The van der Waals surface area contributed by atoms with Crippen LogP contribution < -0.4 is 5.32 Å². The Morgan fingerprint density at radius 1 is 1.00 bits per heavy atom. The van der Waals surface area contributed by atoms with E-state index in [2.05, 4.69) is 45.0 Å². The van der Waals surface area contributed by atoms with Crippen LogP contribution in [0.25, 0.3) is 0 Å². The predicted molar refractivity (Wildman–Crippen MR) is 83.3 cm³/mol. The lowest BCUT2D eigenvalue weighted by molar-refractivity contribution is 0.0554. The minimum absolute atomic E-state index is 0.725. The Labute approximate surface area is 120 Å². The molecule has 0 bridgehead atoms. The molecule has 2 heteroatoms. The molecule has 1 heterocycles. The highest BCUT2D eigenvalue weighted by Gasteiger charge is 2.35. The number of likely N-dealkylation sites (tertiary alicyclic amines) is 1. The topological polar surface area (TPSA) is 15.3 Å². The van der Waals surface area contributed by atoms with Gasteiger partial charge in [0.2, 0.25) is 0 Å². The van der Waals surface area contributed by atoms with Crippen molar-refractivity contribution >= 4 is 0 Å². The molecule has 1 aliphatic heterocycles. The Kier molecular flexibility index (Phi) is 5.30. The molecule has 6 unspecified atom stereocenters. The van der Waals surface area contributed by atoms with E-state index in [0.29, 0.717) is 0 Å². The summed E-state index contributed by atoms with van der Waals surface area (Å²) in [6.07, 6.45) is 5.59. The summed E-state index contributed by atoms with van der Waals surface area (Å²) in [5.74, 6) is 3.49. The Morgan fingerprint density at radius 3 is 2.42 bits per heavy atom. The van der Waals surface area contributed by atoms with Gasteiger partial charge in [-0.2, -0.15) is 0 Å². The van der Waals surface area contributed by atoms with E-state index in [1.165, 1.54) is 38.8 Å². The average Bonchev–Trinajstić information content (AvgIpc) is 2.36. The monoisotopic (exact) mass is 266 g/mol. The maximum Gasteiger partial charge on any atom is 0.0110 e. The average molecular weight is 266 g/mol. The SMILES string of the molecule is CNC1CC(C)CC(C)C1CN1CC(C)CCC1C. The van der Waals surface area contributed by atoms with Crippen molar-refractivity contribution in [3.05, 3.63) is 0 Å². The highest BCUT2D eigenvalue weighted by atomic mass is 15.2. The molecule has 2 rings (SSSR count). The van der Waals surface area contributed by atoms with Gasteiger partial charge in [-0.3, -0.25) is 0 Å². The van der Waals surface area contributed by atoms with Gasteiger partial charge in [0.05, 0.1) is 0 Å². The summed E-state index contributed by atoms with van der Waals surface area (Å²) < 4.78 is 0. The number of hydrogen-bond acceptors (Lipinski definition) is 2. The molecule has 0 amide bonds. The molecular weight excluding hydrogens is 232 g/mol. The summed E-state index contributed by atoms with van der Waals surface area (Å²) in [5, 5.41) is 3.60. The van der Waals surface area contributed by atoms with Gasteiger partial charge < -0.3 is 10.2 Å². The first-order valence-electron chi connectivity index (χ1n) is 8.42. The summed E-state index contributed by atoms with van der Waals surface area (Å²) in [6, 6.07) is 1.52. The van der Waals surface area contributed by atoms with Crippen molar-refractivity contribution in [2.45, 2.75) is 65.5 Å². The summed E-state index contributed by atoms with van der Waals surface area (Å²) in [5.41, 5.74) is 0. The highest BCUT2D eigenvalue weighted by molar-refractivity contribution is 4.90. The zero-order valence-electron chi connectivity index (χ0n) is 13.7. The van der Waals surface area contributed by atoms with Crippen LogP contribution in [-0.2, 0) is 0 Å². The summed E-state index contributed by atoms with van der Waals surface area (Å²) in [6.45, 7) is 12.4. The van der Waals surface area contributed by atoms with Crippen LogP contribution >= 0.6 is 0 Å². The second kappa shape index (κ2) is 6.58. The maximum atomic E-state index is 3.60. The second-order valence-corrected chi connectivity index (χ2v) is 7.60. The smallest absolute Gasteiger partial charge is 0.0110 e. The molecule has 0 aromatic rings. The lowest BCUT2D eigenvalue weighted by Crippen LogP contribution is -2.51. The molecule has 6 atom stereocenters. The molecule has 2 fully saturated rings. The maximum absolute atomic E-state index is 3.60. The first-order valence-corrected chi connectivity index (χ1v) is 8.42. The molecule has 0 aromatic carbocycles. The van der Waals surface area contributed by atoms with Crippen LogP contribution in [0.2, 0.25) is 0 Å². The normalized spacial score (nSPS) is 45.3.